The second-order valence-corrected chi connectivity index (χ2v) is 5.56. The van der Waals surface area contributed by atoms with E-state index < -0.39 is 0 Å². The molecular formula is C17H17N3O2. The van der Waals surface area contributed by atoms with Gasteiger partial charge in [0.1, 0.15) is 5.82 Å². The molecule has 2 aromatic rings. The number of pyridine rings is 1. The van der Waals surface area contributed by atoms with Crippen LogP contribution in [0.2, 0.25) is 0 Å². The first kappa shape index (κ1) is 14.3. The Bertz CT molecular complexity index is 683. The number of aromatic nitrogens is 1. The van der Waals surface area contributed by atoms with Crippen LogP contribution in [0.4, 0.5) is 11.5 Å². The summed E-state index contributed by atoms with van der Waals surface area (Å²) < 4.78 is 0. The number of benzene rings is 1. The summed E-state index contributed by atoms with van der Waals surface area (Å²) >= 11 is 0. The second-order valence-electron chi connectivity index (χ2n) is 5.56. The van der Waals surface area contributed by atoms with Gasteiger partial charge < -0.3 is 10.6 Å². The molecule has 1 fully saturated rings. The molecule has 22 heavy (non-hydrogen) atoms. The van der Waals surface area contributed by atoms with Gasteiger partial charge in [0.15, 0.2) is 0 Å². The molecule has 1 aromatic carbocycles. The molecule has 1 saturated carbocycles. The molecule has 2 amide bonds. The molecule has 0 unspecified atom stereocenters. The van der Waals surface area contributed by atoms with E-state index in [1.165, 1.54) is 0 Å². The number of hydrogen-bond acceptors (Lipinski definition) is 3. The minimum Gasteiger partial charge on any atom is -0.324 e. The molecule has 2 N–H and O–H groups in total. The van der Waals surface area contributed by atoms with Crippen LogP contribution in [0.1, 0.15) is 23.7 Å². The van der Waals surface area contributed by atoms with Crippen LogP contribution in [-0.2, 0) is 4.79 Å². The summed E-state index contributed by atoms with van der Waals surface area (Å²) in [5.41, 5.74) is 1.21. The van der Waals surface area contributed by atoms with E-state index in [4.69, 9.17) is 0 Å². The van der Waals surface area contributed by atoms with Crippen LogP contribution in [0.25, 0.3) is 0 Å². The van der Waals surface area contributed by atoms with E-state index in [9.17, 15) is 9.59 Å². The third-order valence-corrected chi connectivity index (χ3v) is 3.75. The van der Waals surface area contributed by atoms with E-state index in [0.717, 1.165) is 6.42 Å². The van der Waals surface area contributed by atoms with Gasteiger partial charge in [0, 0.05) is 11.5 Å². The Labute approximate surface area is 128 Å². The second kappa shape index (κ2) is 5.97. The van der Waals surface area contributed by atoms with Crippen molar-refractivity contribution in [2.75, 3.05) is 10.6 Å². The Morgan fingerprint density at radius 2 is 1.82 bits per heavy atom. The van der Waals surface area contributed by atoms with Crippen LogP contribution < -0.4 is 10.6 Å². The molecule has 0 aliphatic heterocycles. The predicted molar refractivity (Wildman–Crippen MR) is 84.5 cm³/mol. The number of nitrogens with one attached hydrogen (secondary N) is 2. The summed E-state index contributed by atoms with van der Waals surface area (Å²) in [6, 6.07) is 12.3. The summed E-state index contributed by atoms with van der Waals surface area (Å²) in [5, 5.41) is 5.55. The summed E-state index contributed by atoms with van der Waals surface area (Å²) in [6.07, 6.45) is 2.50. The number of amides is 2. The van der Waals surface area contributed by atoms with Crippen molar-refractivity contribution in [2.24, 2.45) is 11.8 Å². The molecule has 5 nitrogen and oxygen atoms in total. The molecule has 1 heterocycles. The molecule has 0 spiro atoms. The molecule has 0 saturated heterocycles. The lowest BCUT2D eigenvalue weighted by molar-refractivity contribution is -0.117. The van der Waals surface area contributed by atoms with Crippen molar-refractivity contribution in [3.05, 3.63) is 54.2 Å². The van der Waals surface area contributed by atoms with Crippen LogP contribution in [0.15, 0.2) is 48.7 Å². The van der Waals surface area contributed by atoms with Crippen molar-refractivity contribution in [1.82, 2.24) is 4.98 Å². The van der Waals surface area contributed by atoms with Gasteiger partial charge in [-0.15, -0.1) is 0 Å². The Hall–Kier alpha value is -2.69. The third-order valence-electron chi connectivity index (χ3n) is 3.75. The Kier molecular flexibility index (Phi) is 3.87. The number of carbonyl (C=O) groups is 2. The average Bonchev–Trinajstić information content (AvgIpc) is 3.27. The molecular weight excluding hydrogens is 278 g/mol. The van der Waals surface area contributed by atoms with Crippen molar-refractivity contribution in [3.63, 3.8) is 0 Å². The zero-order chi connectivity index (χ0) is 15.5. The number of nitrogens with zero attached hydrogens (tertiary/aromatic N) is 1. The van der Waals surface area contributed by atoms with Gasteiger partial charge in [0.25, 0.3) is 5.91 Å². The van der Waals surface area contributed by atoms with Gasteiger partial charge in [-0.25, -0.2) is 4.98 Å². The maximum absolute atomic E-state index is 12.0. The summed E-state index contributed by atoms with van der Waals surface area (Å²) in [4.78, 5) is 28.0. The summed E-state index contributed by atoms with van der Waals surface area (Å²) in [5.74, 6) is 0.869. The van der Waals surface area contributed by atoms with Crippen LogP contribution in [0, 0.1) is 11.8 Å². The molecule has 112 valence electrons. The molecule has 5 heteroatoms. The van der Waals surface area contributed by atoms with Crippen molar-refractivity contribution in [1.29, 1.82) is 0 Å². The van der Waals surface area contributed by atoms with Gasteiger partial charge in [-0.1, -0.05) is 25.1 Å². The average molecular weight is 295 g/mol. The van der Waals surface area contributed by atoms with E-state index in [1.54, 1.807) is 42.6 Å². The van der Waals surface area contributed by atoms with E-state index in [-0.39, 0.29) is 17.7 Å². The standard InChI is InChI=1S/C17H17N3O2/c1-11-9-14(11)17(22)19-13-7-8-15(18-10-13)20-16(21)12-5-3-2-4-6-12/h2-8,10-11,14H,9H2,1H3,(H,19,22)(H,18,20,21)/t11-,14+/m0/s1. The highest BCUT2D eigenvalue weighted by molar-refractivity contribution is 6.03. The van der Waals surface area contributed by atoms with Gasteiger partial charge in [-0.2, -0.15) is 0 Å². The molecule has 0 radical (unpaired) electrons. The minimum absolute atomic E-state index is 0.0374. The number of carbonyl (C=O) groups excluding carboxylic acids is 2. The van der Waals surface area contributed by atoms with Crippen LogP contribution in [0.3, 0.4) is 0 Å². The monoisotopic (exact) mass is 295 g/mol. The SMILES string of the molecule is C[C@H]1C[C@H]1C(=O)Nc1ccc(NC(=O)c2ccccc2)nc1. The zero-order valence-electron chi connectivity index (χ0n) is 12.2. The lowest BCUT2D eigenvalue weighted by Gasteiger charge is -2.07. The Balaban J connectivity index is 1.59. The Morgan fingerprint density at radius 1 is 1.09 bits per heavy atom. The topological polar surface area (TPSA) is 71.1 Å². The highest BCUT2D eigenvalue weighted by Gasteiger charge is 2.39. The van der Waals surface area contributed by atoms with Crippen LogP contribution in [-0.4, -0.2) is 16.8 Å². The zero-order valence-corrected chi connectivity index (χ0v) is 12.2. The van der Waals surface area contributed by atoms with Crippen molar-refractivity contribution >= 4 is 23.3 Å². The quantitative estimate of drug-likeness (QED) is 0.911. The van der Waals surface area contributed by atoms with Crippen LogP contribution >= 0.6 is 0 Å². The maximum Gasteiger partial charge on any atom is 0.256 e. The fraction of sp³-hybridized carbons (Fsp3) is 0.235. The van der Waals surface area contributed by atoms with Gasteiger partial charge >= 0.3 is 0 Å². The lowest BCUT2D eigenvalue weighted by atomic mass is 10.2. The molecule has 1 aliphatic carbocycles. The van der Waals surface area contributed by atoms with Crippen LogP contribution in [0.5, 0.6) is 0 Å². The first-order valence-electron chi connectivity index (χ1n) is 7.27. The first-order chi connectivity index (χ1) is 10.6. The predicted octanol–water partition coefficient (Wildman–Crippen LogP) is 2.93. The normalized spacial score (nSPS) is 19.3. The highest BCUT2D eigenvalue weighted by atomic mass is 16.2. The van der Waals surface area contributed by atoms with Gasteiger partial charge in [0.2, 0.25) is 5.91 Å². The van der Waals surface area contributed by atoms with E-state index in [1.807, 2.05) is 6.07 Å². The van der Waals surface area contributed by atoms with E-state index in [2.05, 4.69) is 22.5 Å². The van der Waals surface area contributed by atoms with E-state index in [0.29, 0.717) is 23.0 Å². The molecule has 2 atom stereocenters. The number of hydrogen-bond donors (Lipinski definition) is 2. The molecule has 1 aromatic heterocycles. The molecule has 1 aliphatic rings. The fourth-order valence-electron chi connectivity index (χ4n) is 2.24. The Morgan fingerprint density at radius 3 is 2.41 bits per heavy atom. The largest absolute Gasteiger partial charge is 0.324 e. The number of anilines is 2. The summed E-state index contributed by atoms with van der Waals surface area (Å²) in [7, 11) is 0. The lowest BCUT2D eigenvalue weighted by Crippen LogP contribution is -2.15. The fourth-order valence-corrected chi connectivity index (χ4v) is 2.24. The van der Waals surface area contributed by atoms with Gasteiger partial charge in [-0.05, 0) is 36.6 Å². The highest BCUT2D eigenvalue weighted by Crippen LogP contribution is 2.38. The maximum atomic E-state index is 12.0. The molecule has 0 bridgehead atoms. The minimum atomic E-state index is -0.211. The van der Waals surface area contributed by atoms with Gasteiger partial charge in [-0.3, -0.25) is 9.59 Å². The van der Waals surface area contributed by atoms with E-state index >= 15 is 0 Å². The summed E-state index contributed by atoms with van der Waals surface area (Å²) in [6.45, 7) is 2.06. The van der Waals surface area contributed by atoms with Crippen molar-refractivity contribution < 1.29 is 9.59 Å². The van der Waals surface area contributed by atoms with Gasteiger partial charge in [0.05, 0.1) is 11.9 Å². The molecule has 3 rings (SSSR count). The smallest absolute Gasteiger partial charge is 0.256 e. The first-order valence-corrected chi connectivity index (χ1v) is 7.27. The van der Waals surface area contributed by atoms with Crippen molar-refractivity contribution in [3.8, 4) is 0 Å². The third kappa shape index (κ3) is 3.31. The van der Waals surface area contributed by atoms with Crippen molar-refractivity contribution in [2.45, 2.75) is 13.3 Å². The number of rotatable bonds is 4.